The number of thioether (sulfide) groups is 1. The van der Waals surface area contributed by atoms with E-state index < -0.39 is 0 Å². The van der Waals surface area contributed by atoms with E-state index >= 15 is 0 Å². The lowest BCUT2D eigenvalue weighted by Crippen LogP contribution is -2.30. The van der Waals surface area contributed by atoms with Gasteiger partial charge in [-0.05, 0) is 19.9 Å². The van der Waals surface area contributed by atoms with Gasteiger partial charge < -0.3 is 0 Å². The molecule has 0 heterocycles. The van der Waals surface area contributed by atoms with Crippen molar-refractivity contribution in [2.45, 2.75) is 6.92 Å². The van der Waals surface area contributed by atoms with Crippen LogP contribution >= 0.6 is 11.8 Å². The SMILES string of the molecule is C=N/C(=N\C=C(/C)C(=O)NN)SC. The van der Waals surface area contributed by atoms with Gasteiger partial charge in [-0.2, -0.15) is 0 Å². The van der Waals surface area contributed by atoms with Gasteiger partial charge in [0.2, 0.25) is 0 Å². The molecule has 6 heteroatoms. The third-order valence-electron chi connectivity index (χ3n) is 1.18. The summed E-state index contributed by atoms with van der Waals surface area (Å²) in [6.45, 7) is 4.92. The van der Waals surface area contributed by atoms with Gasteiger partial charge in [0, 0.05) is 11.8 Å². The van der Waals surface area contributed by atoms with Crippen LogP contribution in [0.15, 0.2) is 21.8 Å². The molecule has 0 saturated heterocycles. The van der Waals surface area contributed by atoms with Crippen molar-refractivity contribution in [2.24, 2.45) is 15.8 Å². The number of carbonyl (C=O) groups excluding carboxylic acids is 1. The summed E-state index contributed by atoms with van der Waals surface area (Å²) in [6, 6.07) is 0. The molecule has 0 bridgehead atoms. The zero-order chi connectivity index (χ0) is 10.3. The summed E-state index contributed by atoms with van der Waals surface area (Å²) in [7, 11) is 0. The predicted octanol–water partition coefficient (Wildman–Crippen LogP) is 0.300. The van der Waals surface area contributed by atoms with Crippen LogP contribution in [0.3, 0.4) is 0 Å². The first kappa shape index (κ1) is 11.9. The minimum absolute atomic E-state index is 0.367. The number of aliphatic imine (C=N–C) groups is 2. The molecule has 0 spiro atoms. The van der Waals surface area contributed by atoms with Crippen LogP contribution < -0.4 is 11.3 Å². The van der Waals surface area contributed by atoms with Gasteiger partial charge in [-0.1, -0.05) is 11.8 Å². The van der Waals surface area contributed by atoms with Crippen molar-refractivity contribution >= 4 is 29.6 Å². The summed E-state index contributed by atoms with van der Waals surface area (Å²) in [4.78, 5) is 18.4. The van der Waals surface area contributed by atoms with E-state index in [4.69, 9.17) is 5.84 Å². The molecule has 0 radical (unpaired) electrons. The molecule has 0 aliphatic carbocycles. The standard InChI is InChI=1S/C7H12N4OS/c1-5(6(12)11-8)4-10-7(9-2)13-3/h4H,2,8H2,1,3H3,(H,11,12)/b5-4+,10-7+. The summed E-state index contributed by atoms with van der Waals surface area (Å²) in [5.41, 5.74) is 2.41. The summed E-state index contributed by atoms with van der Waals surface area (Å²) in [6.07, 6.45) is 3.21. The maximum absolute atomic E-state index is 10.9. The fraction of sp³-hybridized carbons (Fsp3) is 0.286. The fourth-order valence-electron chi connectivity index (χ4n) is 0.483. The Labute approximate surface area is 81.2 Å². The number of hydrogen-bond acceptors (Lipinski definition) is 4. The lowest BCUT2D eigenvalue weighted by Gasteiger charge is -1.96. The van der Waals surface area contributed by atoms with Gasteiger partial charge in [0.05, 0.1) is 0 Å². The number of amides is 1. The zero-order valence-corrected chi connectivity index (χ0v) is 8.39. The highest BCUT2D eigenvalue weighted by Gasteiger charge is 1.99. The smallest absolute Gasteiger partial charge is 0.262 e. The average Bonchev–Trinajstić information content (AvgIpc) is 2.17. The highest BCUT2D eigenvalue weighted by Crippen LogP contribution is 2.01. The van der Waals surface area contributed by atoms with E-state index in [9.17, 15) is 4.79 Å². The monoisotopic (exact) mass is 200 g/mol. The van der Waals surface area contributed by atoms with Gasteiger partial charge in [-0.3, -0.25) is 10.2 Å². The molecule has 1 amide bonds. The van der Waals surface area contributed by atoms with Crippen molar-refractivity contribution < 1.29 is 4.79 Å². The van der Waals surface area contributed by atoms with Gasteiger partial charge in [0.25, 0.3) is 5.91 Å². The number of carbonyl (C=O) groups is 1. The maximum atomic E-state index is 10.9. The second kappa shape index (κ2) is 6.38. The lowest BCUT2D eigenvalue weighted by molar-refractivity contribution is -0.117. The Kier molecular flexibility index (Phi) is 5.82. The summed E-state index contributed by atoms with van der Waals surface area (Å²) < 4.78 is 0. The first-order valence-electron chi connectivity index (χ1n) is 3.42. The second-order valence-corrected chi connectivity index (χ2v) is 2.83. The molecular formula is C7H12N4OS. The Morgan fingerprint density at radius 3 is 2.69 bits per heavy atom. The topological polar surface area (TPSA) is 79.8 Å². The fourth-order valence-corrected chi connectivity index (χ4v) is 0.770. The molecule has 5 nitrogen and oxygen atoms in total. The van der Waals surface area contributed by atoms with Gasteiger partial charge in [0.15, 0.2) is 5.17 Å². The molecule has 0 saturated carbocycles. The minimum atomic E-state index is -0.367. The van der Waals surface area contributed by atoms with Crippen LogP contribution in [0.5, 0.6) is 0 Å². The molecule has 0 aliphatic heterocycles. The van der Waals surface area contributed by atoms with E-state index in [-0.39, 0.29) is 5.91 Å². The Morgan fingerprint density at radius 2 is 2.31 bits per heavy atom. The Bertz CT molecular complexity index is 259. The zero-order valence-electron chi connectivity index (χ0n) is 7.57. The van der Waals surface area contributed by atoms with Gasteiger partial charge in [0.1, 0.15) is 0 Å². The van der Waals surface area contributed by atoms with E-state index in [1.54, 1.807) is 6.92 Å². The van der Waals surface area contributed by atoms with Crippen LogP contribution in [0.2, 0.25) is 0 Å². The molecule has 0 fully saturated rings. The molecule has 72 valence electrons. The van der Waals surface area contributed by atoms with Gasteiger partial charge in [-0.15, -0.1) is 0 Å². The summed E-state index contributed by atoms with van der Waals surface area (Å²) in [5.74, 6) is 4.55. The van der Waals surface area contributed by atoms with Crippen LogP contribution in [0.1, 0.15) is 6.92 Å². The third kappa shape index (κ3) is 4.44. The molecule has 0 aromatic heterocycles. The van der Waals surface area contributed by atoms with E-state index in [2.05, 4.69) is 16.7 Å². The minimum Gasteiger partial charge on any atom is -0.290 e. The molecule has 0 unspecified atom stereocenters. The number of hydrazine groups is 1. The van der Waals surface area contributed by atoms with Crippen molar-refractivity contribution in [3.8, 4) is 0 Å². The largest absolute Gasteiger partial charge is 0.290 e. The number of nitrogens with two attached hydrogens (primary N) is 1. The highest BCUT2D eigenvalue weighted by atomic mass is 32.2. The number of rotatable bonds is 2. The quantitative estimate of drug-likeness (QED) is 0.168. The third-order valence-corrected chi connectivity index (χ3v) is 1.78. The first-order chi connectivity index (χ1) is 6.15. The summed E-state index contributed by atoms with van der Waals surface area (Å²) >= 11 is 1.34. The Hall–Kier alpha value is -1.14. The summed E-state index contributed by atoms with van der Waals surface area (Å²) in [5, 5.41) is 0.504. The Morgan fingerprint density at radius 1 is 1.69 bits per heavy atom. The highest BCUT2D eigenvalue weighted by molar-refractivity contribution is 8.13. The number of amidine groups is 1. The van der Waals surface area contributed by atoms with Crippen LogP contribution in [0, 0.1) is 0 Å². The van der Waals surface area contributed by atoms with E-state index in [0.717, 1.165) is 0 Å². The molecule has 0 aromatic rings. The van der Waals surface area contributed by atoms with Crippen LogP contribution in [-0.2, 0) is 4.79 Å². The van der Waals surface area contributed by atoms with Gasteiger partial charge >= 0.3 is 0 Å². The molecular weight excluding hydrogens is 188 g/mol. The maximum Gasteiger partial charge on any atom is 0.262 e. The molecule has 0 aliphatic rings. The van der Waals surface area contributed by atoms with Crippen molar-refractivity contribution in [2.75, 3.05) is 6.26 Å². The van der Waals surface area contributed by atoms with Crippen LogP contribution in [0.4, 0.5) is 0 Å². The molecule has 0 aromatic carbocycles. The number of hydrogen-bond donors (Lipinski definition) is 2. The number of nitrogens with one attached hydrogen (secondary N) is 1. The van der Waals surface area contributed by atoms with Crippen LogP contribution in [0.25, 0.3) is 0 Å². The van der Waals surface area contributed by atoms with Crippen molar-refractivity contribution in [3.05, 3.63) is 11.8 Å². The van der Waals surface area contributed by atoms with Gasteiger partial charge in [-0.25, -0.2) is 15.8 Å². The van der Waals surface area contributed by atoms with Crippen LogP contribution in [-0.4, -0.2) is 24.0 Å². The van der Waals surface area contributed by atoms with Crippen molar-refractivity contribution in [3.63, 3.8) is 0 Å². The molecule has 13 heavy (non-hydrogen) atoms. The molecule has 0 rings (SSSR count). The van der Waals surface area contributed by atoms with Crippen molar-refractivity contribution in [1.29, 1.82) is 0 Å². The first-order valence-corrected chi connectivity index (χ1v) is 4.64. The normalized spacial score (nSPS) is 12.5. The molecule has 0 atom stereocenters. The average molecular weight is 200 g/mol. The van der Waals surface area contributed by atoms with E-state index in [1.165, 1.54) is 18.0 Å². The predicted molar refractivity (Wildman–Crippen MR) is 56.6 cm³/mol. The van der Waals surface area contributed by atoms with E-state index in [0.29, 0.717) is 10.7 Å². The lowest BCUT2D eigenvalue weighted by atomic mass is 10.3. The number of nitrogens with zero attached hydrogens (tertiary/aromatic N) is 2. The molecule has 3 N–H and O–H groups in total. The van der Waals surface area contributed by atoms with Crippen molar-refractivity contribution in [1.82, 2.24) is 5.43 Å². The Balaban J connectivity index is 4.47. The van der Waals surface area contributed by atoms with E-state index in [1.807, 2.05) is 11.7 Å². The second-order valence-electron chi connectivity index (χ2n) is 2.06.